The maximum absolute atomic E-state index is 13.4. The first-order valence-corrected chi connectivity index (χ1v) is 12.1. The highest BCUT2D eigenvalue weighted by atomic mass is 16.7. The molecule has 198 valence electrons. The molecule has 0 amide bonds. The van der Waals surface area contributed by atoms with Crippen molar-refractivity contribution < 1.29 is 49.7 Å². The molecule has 11 nitrogen and oxygen atoms in total. The second-order valence-electron chi connectivity index (χ2n) is 9.99. The Morgan fingerprint density at radius 2 is 1.70 bits per heavy atom. The van der Waals surface area contributed by atoms with Crippen LogP contribution in [0.2, 0.25) is 0 Å². The maximum atomic E-state index is 13.4. The van der Waals surface area contributed by atoms with Gasteiger partial charge in [-0.25, -0.2) is 0 Å². The largest absolute Gasteiger partial charge is 0.507 e. The lowest BCUT2D eigenvalue weighted by Gasteiger charge is -2.46. The fourth-order valence-electron chi connectivity index (χ4n) is 5.70. The number of benzene rings is 2. The van der Waals surface area contributed by atoms with Gasteiger partial charge in [0, 0.05) is 35.6 Å². The summed E-state index contributed by atoms with van der Waals surface area (Å²) in [5, 5.41) is 65.5. The number of aliphatic hydroxyl groups excluding tert-OH is 2. The fourth-order valence-corrected chi connectivity index (χ4v) is 5.70. The number of hydrogen-bond donors (Lipinski definition) is 7. The molecule has 5 rings (SSSR count). The smallest absolute Gasteiger partial charge is 0.202 e. The highest BCUT2D eigenvalue weighted by Gasteiger charge is 2.52. The predicted molar refractivity (Wildman–Crippen MR) is 126 cm³/mol. The number of aliphatic hydroxyl groups is 3. The van der Waals surface area contributed by atoms with E-state index in [2.05, 4.69) is 0 Å². The molecule has 2 aromatic rings. The Labute approximate surface area is 211 Å². The van der Waals surface area contributed by atoms with Crippen LogP contribution in [0.25, 0.3) is 0 Å². The molecular formula is C26H29NO10. The quantitative estimate of drug-likeness (QED) is 0.246. The van der Waals surface area contributed by atoms with Crippen LogP contribution in [0.5, 0.6) is 17.2 Å². The van der Waals surface area contributed by atoms with Gasteiger partial charge < -0.3 is 45.8 Å². The average Bonchev–Trinajstić information content (AvgIpc) is 2.84. The molecule has 2 aromatic carbocycles. The number of carbonyl (C=O) groups excluding carboxylic acids is 2. The van der Waals surface area contributed by atoms with Crippen LogP contribution in [-0.2, 0) is 9.47 Å². The van der Waals surface area contributed by atoms with Gasteiger partial charge in [0.15, 0.2) is 12.1 Å². The summed E-state index contributed by atoms with van der Waals surface area (Å²) in [5.74, 6) is -3.69. The summed E-state index contributed by atoms with van der Waals surface area (Å²) in [7, 11) is 0. The first-order chi connectivity index (χ1) is 17.4. The number of nitrogens with two attached hydrogens (primary N) is 1. The third-order valence-electron chi connectivity index (χ3n) is 7.77. The second kappa shape index (κ2) is 8.76. The van der Waals surface area contributed by atoms with Crippen LogP contribution in [0.15, 0.2) is 18.2 Å². The standard InChI is InChI=1S/C26H29NO10/c1-3-26(35)8-13(29)16-19(25(26)37-14-7-11(27)20(30)9(2)36-14)24(34)17-18(23(16)33)22(32)15-10(21(17)31)5-4-6-12(15)28/h4-6,9,11,13-14,20,25,28-30,33-35H,3,7-8,27H2,1-2H3/t9?,11?,13-,14?,20?,25+,26+/m0/s1. The van der Waals surface area contributed by atoms with Crippen LogP contribution >= 0.6 is 0 Å². The van der Waals surface area contributed by atoms with Crippen LogP contribution < -0.4 is 5.73 Å². The summed E-state index contributed by atoms with van der Waals surface area (Å²) < 4.78 is 11.8. The van der Waals surface area contributed by atoms with E-state index in [1.165, 1.54) is 18.2 Å². The van der Waals surface area contributed by atoms with Crippen LogP contribution in [0.3, 0.4) is 0 Å². The number of phenols is 3. The first kappa shape index (κ1) is 25.6. The molecule has 7 atom stereocenters. The van der Waals surface area contributed by atoms with E-state index < -0.39 is 82.3 Å². The minimum Gasteiger partial charge on any atom is -0.507 e. The van der Waals surface area contributed by atoms with Crippen molar-refractivity contribution in [3.63, 3.8) is 0 Å². The highest BCUT2D eigenvalue weighted by molar-refractivity contribution is 6.31. The Bertz CT molecular complexity index is 1300. The van der Waals surface area contributed by atoms with E-state index >= 15 is 0 Å². The number of fused-ring (bicyclic) bond motifs is 3. The molecule has 0 spiro atoms. The van der Waals surface area contributed by atoms with E-state index in [4.69, 9.17) is 15.2 Å². The average molecular weight is 516 g/mol. The molecule has 2 aliphatic carbocycles. The van der Waals surface area contributed by atoms with E-state index in [1.54, 1.807) is 13.8 Å². The number of hydrogen-bond acceptors (Lipinski definition) is 11. The minimum atomic E-state index is -1.77. The van der Waals surface area contributed by atoms with Crippen LogP contribution in [0, 0.1) is 0 Å². The molecular weight excluding hydrogens is 486 g/mol. The number of aromatic hydroxyl groups is 3. The summed E-state index contributed by atoms with van der Waals surface area (Å²) in [4.78, 5) is 26.7. The molecule has 37 heavy (non-hydrogen) atoms. The van der Waals surface area contributed by atoms with Gasteiger partial charge in [0.2, 0.25) is 5.78 Å². The van der Waals surface area contributed by atoms with Gasteiger partial charge >= 0.3 is 0 Å². The molecule has 8 N–H and O–H groups in total. The maximum Gasteiger partial charge on any atom is 0.202 e. The predicted octanol–water partition coefficient (Wildman–Crippen LogP) is 1.04. The van der Waals surface area contributed by atoms with Crippen LogP contribution in [-0.4, -0.2) is 72.3 Å². The minimum absolute atomic E-state index is 0.0431. The molecule has 1 saturated heterocycles. The lowest BCUT2D eigenvalue weighted by atomic mass is 9.70. The zero-order valence-electron chi connectivity index (χ0n) is 20.2. The zero-order chi connectivity index (χ0) is 27.0. The molecule has 0 aromatic heterocycles. The summed E-state index contributed by atoms with van der Waals surface area (Å²) >= 11 is 0. The highest BCUT2D eigenvalue weighted by Crippen LogP contribution is 2.56. The molecule has 0 bridgehead atoms. The Kier molecular flexibility index (Phi) is 6.06. The summed E-state index contributed by atoms with van der Waals surface area (Å²) in [6.45, 7) is 3.23. The van der Waals surface area contributed by atoms with Crippen molar-refractivity contribution in [1.82, 2.24) is 0 Å². The zero-order valence-corrected chi connectivity index (χ0v) is 20.2. The summed E-state index contributed by atoms with van der Waals surface area (Å²) in [6.07, 6.45) is -5.85. The number of rotatable bonds is 3. The summed E-state index contributed by atoms with van der Waals surface area (Å²) in [5.41, 5.74) is 2.15. The van der Waals surface area contributed by atoms with Gasteiger partial charge in [-0.1, -0.05) is 19.1 Å². The van der Waals surface area contributed by atoms with Gasteiger partial charge in [0.1, 0.15) is 23.4 Å². The number of carbonyl (C=O) groups is 2. The van der Waals surface area contributed by atoms with E-state index in [-0.39, 0.29) is 41.5 Å². The third-order valence-corrected chi connectivity index (χ3v) is 7.77. The molecule has 1 fully saturated rings. The van der Waals surface area contributed by atoms with Crippen molar-refractivity contribution in [1.29, 1.82) is 0 Å². The van der Waals surface area contributed by atoms with E-state index in [0.717, 1.165) is 0 Å². The van der Waals surface area contributed by atoms with Gasteiger partial charge in [-0.15, -0.1) is 0 Å². The molecule has 4 unspecified atom stereocenters. The molecule has 0 radical (unpaired) electrons. The topological polar surface area (TPSA) is 200 Å². The lowest BCUT2D eigenvalue weighted by Crippen LogP contribution is -2.53. The molecule has 3 aliphatic rings. The SMILES string of the molecule is CC[C@@]1(O)C[C@H](O)c2c(O)c3c(c(O)c2[C@H]1OC1CC(N)C(O)C(C)O1)C(=O)c1cccc(O)c1C3=O. The van der Waals surface area contributed by atoms with Crippen molar-refractivity contribution in [2.75, 3.05) is 0 Å². The van der Waals surface area contributed by atoms with Gasteiger partial charge in [-0.05, 0) is 19.4 Å². The monoisotopic (exact) mass is 515 g/mol. The van der Waals surface area contributed by atoms with Crippen molar-refractivity contribution in [2.45, 2.75) is 75.5 Å². The number of ether oxygens (including phenoxy) is 2. The Hall–Kier alpha value is -3.06. The van der Waals surface area contributed by atoms with E-state index in [1.807, 2.05) is 0 Å². The van der Waals surface area contributed by atoms with Gasteiger partial charge in [-0.2, -0.15) is 0 Å². The fraction of sp³-hybridized carbons (Fsp3) is 0.462. The summed E-state index contributed by atoms with van der Waals surface area (Å²) in [6, 6.07) is 3.19. The number of phenolic OH excluding ortho intramolecular Hbond substituents is 3. The van der Waals surface area contributed by atoms with Gasteiger partial charge in [-0.3, -0.25) is 9.59 Å². The third kappa shape index (κ3) is 3.65. The van der Waals surface area contributed by atoms with Crippen molar-refractivity contribution >= 4 is 11.6 Å². The molecule has 11 heteroatoms. The van der Waals surface area contributed by atoms with Crippen molar-refractivity contribution in [3.05, 3.63) is 51.6 Å². The van der Waals surface area contributed by atoms with Gasteiger partial charge in [0.05, 0.1) is 40.6 Å². The Morgan fingerprint density at radius 3 is 2.35 bits per heavy atom. The molecule has 1 heterocycles. The van der Waals surface area contributed by atoms with Crippen LogP contribution in [0.1, 0.15) is 88.3 Å². The lowest BCUT2D eigenvalue weighted by molar-refractivity contribution is -0.272. The van der Waals surface area contributed by atoms with Crippen molar-refractivity contribution in [2.24, 2.45) is 5.73 Å². The van der Waals surface area contributed by atoms with E-state index in [9.17, 15) is 40.2 Å². The van der Waals surface area contributed by atoms with E-state index in [0.29, 0.717) is 0 Å². The first-order valence-electron chi connectivity index (χ1n) is 12.1. The van der Waals surface area contributed by atoms with Gasteiger partial charge in [0.25, 0.3) is 0 Å². The number of ketones is 2. The van der Waals surface area contributed by atoms with Crippen LogP contribution in [0.4, 0.5) is 0 Å². The molecule has 0 saturated carbocycles. The molecule has 1 aliphatic heterocycles. The Morgan fingerprint density at radius 1 is 1.05 bits per heavy atom. The normalized spacial score (nSPS) is 33.0. The Balaban J connectivity index is 1.70. The second-order valence-corrected chi connectivity index (χ2v) is 9.99. The van der Waals surface area contributed by atoms with Crippen molar-refractivity contribution in [3.8, 4) is 17.2 Å².